The maximum absolute atomic E-state index is 8.00. The van der Waals surface area contributed by atoms with Gasteiger partial charge in [0.05, 0.1) is 14.2 Å². The zero-order valence-corrected chi connectivity index (χ0v) is 9.13. The van der Waals surface area contributed by atoms with E-state index in [0.29, 0.717) is 0 Å². The Morgan fingerprint density at radius 2 is 1.69 bits per heavy atom. The molecule has 0 N–H and O–H groups in total. The molecule has 1 aromatic carbocycles. The molecule has 0 aliphatic carbocycles. The van der Waals surface area contributed by atoms with E-state index in [1.807, 2.05) is 25.0 Å². The van der Waals surface area contributed by atoms with E-state index in [2.05, 4.69) is 15.9 Å². The molecule has 0 aliphatic rings. The average Bonchev–Trinajstić information content (AvgIpc) is 2.20. The zero-order valence-electron chi connectivity index (χ0n) is 7.54. The third-order valence-corrected chi connectivity index (χ3v) is 1.84. The van der Waals surface area contributed by atoms with Gasteiger partial charge in [-0.25, -0.2) is 0 Å². The average molecular weight is 247 g/mol. The Hall–Kier alpha value is -1.03. The summed E-state index contributed by atoms with van der Waals surface area (Å²) in [5.74, 6) is 1.48. The summed E-state index contributed by atoms with van der Waals surface area (Å²) in [6.07, 6.45) is 0. The van der Waals surface area contributed by atoms with E-state index in [-0.39, 0.29) is 0 Å². The first-order valence-corrected chi connectivity index (χ1v) is 4.23. The fourth-order valence-electron chi connectivity index (χ4n) is 0.810. The summed E-state index contributed by atoms with van der Waals surface area (Å²) in [6, 6.07) is 5.61. The first kappa shape index (κ1) is 12.0. The van der Waals surface area contributed by atoms with Gasteiger partial charge in [-0.3, -0.25) is 0 Å². The lowest BCUT2D eigenvalue weighted by atomic mass is 10.3. The summed E-state index contributed by atoms with van der Waals surface area (Å²) >= 11 is 3.33. The highest BCUT2D eigenvalue weighted by Crippen LogP contribution is 2.29. The van der Waals surface area contributed by atoms with Crippen molar-refractivity contribution < 1.29 is 14.3 Å². The number of benzene rings is 1. The minimum Gasteiger partial charge on any atom is -0.493 e. The Morgan fingerprint density at radius 1 is 1.15 bits per heavy atom. The Balaban J connectivity index is 0.000000671. The van der Waals surface area contributed by atoms with Gasteiger partial charge in [0.2, 0.25) is 0 Å². The molecular formula is C9H11BrO3. The first-order chi connectivity index (χ1) is 6.27. The van der Waals surface area contributed by atoms with Crippen molar-refractivity contribution in [3.05, 3.63) is 22.7 Å². The number of rotatable bonds is 2. The molecule has 0 saturated heterocycles. The molecule has 0 aromatic heterocycles. The molecule has 0 atom stereocenters. The normalized spacial score (nSPS) is 8.23. The molecule has 1 rings (SSSR count). The molecule has 0 fully saturated rings. The summed E-state index contributed by atoms with van der Waals surface area (Å²) in [6.45, 7) is 2.00. The molecule has 3 nitrogen and oxygen atoms in total. The number of halogens is 1. The van der Waals surface area contributed by atoms with Gasteiger partial charge in [0, 0.05) is 4.47 Å². The molecule has 0 bridgehead atoms. The van der Waals surface area contributed by atoms with Crippen LogP contribution >= 0.6 is 15.9 Å². The lowest BCUT2D eigenvalue weighted by Crippen LogP contribution is -1.89. The molecule has 1 aromatic rings. The molecule has 72 valence electrons. The third-order valence-electron chi connectivity index (χ3n) is 1.35. The van der Waals surface area contributed by atoms with E-state index >= 15 is 0 Å². The highest BCUT2D eigenvalue weighted by molar-refractivity contribution is 9.10. The summed E-state index contributed by atoms with van der Waals surface area (Å²) in [5.41, 5.74) is 0. The van der Waals surface area contributed by atoms with Crippen LogP contribution in [0.15, 0.2) is 22.7 Å². The van der Waals surface area contributed by atoms with E-state index in [0.717, 1.165) is 16.0 Å². The Morgan fingerprint density at radius 3 is 2.15 bits per heavy atom. The molecule has 0 heterocycles. The second-order valence-corrected chi connectivity index (χ2v) is 2.91. The van der Waals surface area contributed by atoms with Gasteiger partial charge in [-0.1, -0.05) is 15.9 Å². The van der Waals surface area contributed by atoms with Crippen LogP contribution in [0.2, 0.25) is 0 Å². The maximum atomic E-state index is 8.00. The quantitative estimate of drug-likeness (QED) is 0.804. The monoisotopic (exact) mass is 246 g/mol. The van der Waals surface area contributed by atoms with Gasteiger partial charge in [0.1, 0.15) is 6.79 Å². The van der Waals surface area contributed by atoms with E-state index in [1.165, 1.54) is 0 Å². The van der Waals surface area contributed by atoms with Crippen molar-refractivity contribution in [2.75, 3.05) is 14.2 Å². The lowest BCUT2D eigenvalue weighted by Gasteiger charge is -2.06. The Bertz CT molecular complexity index is 263. The SMILES string of the molecule is C=O.COc1ccc(Br)cc1OC. The smallest absolute Gasteiger partial charge is 0.161 e. The van der Waals surface area contributed by atoms with Gasteiger partial charge in [0.15, 0.2) is 11.5 Å². The van der Waals surface area contributed by atoms with Gasteiger partial charge in [-0.15, -0.1) is 0 Å². The van der Waals surface area contributed by atoms with Gasteiger partial charge < -0.3 is 14.3 Å². The van der Waals surface area contributed by atoms with Crippen LogP contribution in [0.1, 0.15) is 0 Å². The molecule has 13 heavy (non-hydrogen) atoms. The highest BCUT2D eigenvalue weighted by Gasteiger charge is 2.01. The third kappa shape index (κ3) is 3.46. The largest absolute Gasteiger partial charge is 0.493 e. The van der Waals surface area contributed by atoms with Crippen LogP contribution < -0.4 is 9.47 Å². The number of carbonyl (C=O) groups is 1. The van der Waals surface area contributed by atoms with Crippen molar-refractivity contribution in [1.29, 1.82) is 0 Å². The molecule has 0 saturated carbocycles. The first-order valence-electron chi connectivity index (χ1n) is 3.44. The predicted molar refractivity (Wildman–Crippen MR) is 54.4 cm³/mol. The number of carbonyl (C=O) groups excluding carboxylic acids is 1. The van der Waals surface area contributed by atoms with Gasteiger partial charge in [-0.05, 0) is 18.2 Å². The fourth-order valence-corrected chi connectivity index (χ4v) is 1.15. The van der Waals surface area contributed by atoms with Crippen LogP contribution in [0.5, 0.6) is 11.5 Å². The van der Waals surface area contributed by atoms with Crippen LogP contribution in [-0.4, -0.2) is 21.0 Å². The van der Waals surface area contributed by atoms with Crippen molar-refractivity contribution in [3.63, 3.8) is 0 Å². The number of hydrogen-bond donors (Lipinski definition) is 0. The van der Waals surface area contributed by atoms with Crippen molar-refractivity contribution in [2.24, 2.45) is 0 Å². The summed E-state index contributed by atoms with van der Waals surface area (Å²) in [4.78, 5) is 8.00. The van der Waals surface area contributed by atoms with Crippen molar-refractivity contribution in [3.8, 4) is 11.5 Å². The van der Waals surface area contributed by atoms with Crippen LogP contribution in [0.25, 0.3) is 0 Å². The van der Waals surface area contributed by atoms with Gasteiger partial charge >= 0.3 is 0 Å². The van der Waals surface area contributed by atoms with E-state index in [9.17, 15) is 0 Å². The standard InChI is InChI=1S/C8H9BrO2.CH2O/c1-10-7-4-3-6(9)5-8(7)11-2;1-2/h3-5H,1-2H3;1H2. The Kier molecular flexibility index (Phi) is 5.97. The predicted octanol–water partition coefficient (Wildman–Crippen LogP) is 2.28. The summed E-state index contributed by atoms with van der Waals surface area (Å²) in [7, 11) is 3.23. The fraction of sp³-hybridized carbons (Fsp3) is 0.222. The van der Waals surface area contributed by atoms with Crippen molar-refractivity contribution in [2.45, 2.75) is 0 Å². The molecular weight excluding hydrogens is 236 g/mol. The van der Waals surface area contributed by atoms with E-state index < -0.39 is 0 Å². The van der Waals surface area contributed by atoms with Gasteiger partial charge in [0.25, 0.3) is 0 Å². The topological polar surface area (TPSA) is 35.5 Å². The molecule has 0 radical (unpaired) electrons. The second kappa shape index (κ2) is 6.48. The molecule has 0 unspecified atom stereocenters. The van der Waals surface area contributed by atoms with E-state index in [1.54, 1.807) is 14.2 Å². The van der Waals surface area contributed by atoms with Crippen LogP contribution in [0.4, 0.5) is 0 Å². The molecule has 0 spiro atoms. The van der Waals surface area contributed by atoms with E-state index in [4.69, 9.17) is 14.3 Å². The lowest BCUT2D eigenvalue weighted by molar-refractivity contribution is -0.0979. The molecule has 4 heteroatoms. The number of hydrogen-bond acceptors (Lipinski definition) is 3. The van der Waals surface area contributed by atoms with Gasteiger partial charge in [-0.2, -0.15) is 0 Å². The molecule has 0 aliphatic heterocycles. The minimum absolute atomic E-state index is 0.738. The maximum Gasteiger partial charge on any atom is 0.161 e. The second-order valence-electron chi connectivity index (χ2n) is 2.00. The highest BCUT2D eigenvalue weighted by atomic mass is 79.9. The van der Waals surface area contributed by atoms with Crippen LogP contribution in [-0.2, 0) is 4.79 Å². The van der Waals surface area contributed by atoms with Crippen molar-refractivity contribution >= 4 is 22.7 Å². The number of methoxy groups -OCH3 is 2. The molecule has 0 amide bonds. The van der Waals surface area contributed by atoms with Crippen LogP contribution in [0.3, 0.4) is 0 Å². The summed E-state index contributed by atoms with van der Waals surface area (Å²) in [5, 5.41) is 0. The zero-order chi connectivity index (χ0) is 10.3. The number of ether oxygens (including phenoxy) is 2. The minimum atomic E-state index is 0.738. The van der Waals surface area contributed by atoms with Crippen molar-refractivity contribution in [1.82, 2.24) is 0 Å². The Labute approximate surface area is 85.8 Å². The van der Waals surface area contributed by atoms with Crippen LogP contribution in [0, 0.1) is 0 Å². The summed E-state index contributed by atoms with van der Waals surface area (Å²) < 4.78 is 11.1.